The third kappa shape index (κ3) is 2.38. The van der Waals surface area contributed by atoms with E-state index in [-0.39, 0.29) is 0 Å². The van der Waals surface area contributed by atoms with Gasteiger partial charge in [-0.1, -0.05) is 25.1 Å². The summed E-state index contributed by atoms with van der Waals surface area (Å²) in [5, 5.41) is 0. The van der Waals surface area contributed by atoms with E-state index in [2.05, 4.69) is 30.0 Å². The predicted octanol–water partition coefficient (Wildman–Crippen LogP) is 1.66. The zero-order chi connectivity index (χ0) is 12.5. The van der Waals surface area contributed by atoms with Crippen LogP contribution < -0.4 is 10.5 Å². The third-order valence-corrected chi connectivity index (χ3v) is 4.23. The van der Waals surface area contributed by atoms with Crippen molar-refractivity contribution in [2.24, 2.45) is 11.7 Å². The van der Waals surface area contributed by atoms with Gasteiger partial charge in [0.15, 0.2) is 0 Å². The molecule has 3 rings (SSSR count). The molecule has 2 heterocycles. The topological polar surface area (TPSA) is 38.5 Å². The molecule has 3 heteroatoms. The van der Waals surface area contributed by atoms with Crippen molar-refractivity contribution in [2.75, 3.05) is 19.6 Å². The summed E-state index contributed by atoms with van der Waals surface area (Å²) >= 11 is 0. The molecular formula is C15H22N2O. The molecule has 3 atom stereocenters. The summed E-state index contributed by atoms with van der Waals surface area (Å²) in [6, 6.07) is 8.76. The minimum atomic E-state index is 0.323. The molecule has 18 heavy (non-hydrogen) atoms. The third-order valence-electron chi connectivity index (χ3n) is 4.23. The Bertz CT molecular complexity index is 396. The van der Waals surface area contributed by atoms with Gasteiger partial charge in [-0.3, -0.25) is 4.90 Å². The molecule has 0 spiro atoms. The molecule has 1 aromatic rings. The molecule has 0 bridgehead atoms. The highest BCUT2D eigenvalue weighted by atomic mass is 16.5. The van der Waals surface area contributed by atoms with E-state index in [0.717, 1.165) is 38.2 Å². The lowest BCUT2D eigenvalue weighted by Gasteiger charge is -2.36. The number of hydrogen-bond acceptors (Lipinski definition) is 3. The van der Waals surface area contributed by atoms with Gasteiger partial charge in [-0.2, -0.15) is 0 Å². The average molecular weight is 246 g/mol. The fourth-order valence-corrected chi connectivity index (χ4v) is 3.06. The number of ether oxygens (including phenoxy) is 1. The van der Waals surface area contributed by atoms with Crippen LogP contribution in [0.5, 0.6) is 5.75 Å². The van der Waals surface area contributed by atoms with Gasteiger partial charge in [-0.05, 0) is 30.5 Å². The molecule has 0 radical (unpaired) electrons. The lowest BCUT2D eigenvalue weighted by molar-refractivity contribution is 0.106. The van der Waals surface area contributed by atoms with Crippen molar-refractivity contribution in [3.63, 3.8) is 0 Å². The van der Waals surface area contributed by atoms with Crippen LogP contribution in [0.15, 0.2) is 24.3 Å². The van der Waals surface area contributed by atoms with Gasteiger partial charge in [0.2, 0.25) is 0 Å². The molecule has 3 nitrogen and oxygen atoms in total. The minimum absolute atomic E-state index is 0.323. The van der Waals surface area contributed by atoms with E-state index in [1.54, 1.807) is 0 Å². The Morgan fingerprint density at radius 3 is 3.00 bits per heavy atom. The molecule has 0 amide bonds. The number of benzene rings is 1. The Balaban J connectivity index is 1.57. The first-order valence-electron chi connectivity index (χ1n) is 6.95. The zero-order valence-electron chi connectivity index (χ0n) is 11.0. The number of nitrogens with two attached hydrogens (primary N) is 1. The minimum Gasteiger partial charge on any atom is -0.488 e. The second-order valence-corrected chi connectivity index (χ2v) is 5.74. The lowest BCUT2D eigenvalue weighted by atomic mass is 9.94. The van der Waals surface area contributed by atoms with Gasteiger partial charge in [0.25, 0.3) is 0 Å². The standard InChI is InChI=1S/C15H22N2O/c1-11-9-17(7-6-14(11)16)10-13-8-12-4-2-3-5-15(12)18-13/h2-5,11,13-14H,6-10,16H2,1H3. The molecule has 2 aliphatic rings. The van der Waals surface area contributed by atoms with Crippen molar-refractivity contribution in [3.05, 3.63) is 29.8 Å². The first-order valence-corrected chi connectivity index (χ1v) is 6.95. The van der Waals surface area contributed by atoms with Crippen molar-refractivity contribution in [1.29, 1.82) is 0 Å². The fraction of sp³-hybridized carbons (Fsp3) is 0.600. The summed E-state index contributed by atoms with van der Waals surface area (Å²) in [6.07, 6.45) is 2.48. The number of nitrogens with zero attached hydrogens (tertiary/aromatic N) is 1. The van der Waals surface area contributed by atoms with Gasteiger partial charge in [-0.15, -0.1) is 0 Å². The number of hydrogen-bond donors (Lipinski definition) is 1. The summed E-state index contributed by atoms with van der Waals surface area (Å²) in [5.74, 6) is 1.67. The fourth-order valence-electron chi connectivity index (χ4n) is 3.06. The van der Waals surface area contributed by atoms with Crippen molar-refractivity contribution < 1.29 is 4.74 Å². The van der Waals surface area contributed by atoms with E-state index in [1.165, 1.54) is 5.56 Å². The molecule has 0 aliphatic carbocycles. The van der Waals surface area contributed by atoms with Crippen molar-refractivity contribution in [3.8, 4) is 5.75 Å². The van der Waals surface area contributed by atoms with Gasteiger partial charge in [0.05, 0.1) is 0 Å². The summed E-state index contributed by atoms with van der Waals surface area (Å²) in [4.78, 5) is 2.50. The van der Waals surface area contributed by atoms with Crippen LogP contribution in [0, 0.1) is 5.92 Å². The number of rotatable bonds is 2. The summed E-state index contributed by atoms with van der Waals surface area (Å²) in [6.45, 7) is 5.51. The van der Waals surface area contributed by atoms with Crippen LogP contribution in [0.4, 0.5) is 0 Å². The quantitative estimate of drug-likeness (QED) is 0.862. The van der Waals surface area contributed by atoms with E-state index in [4.69, 9.17) is 10.5 Å². The van der Waals surface area contributed by atoms with E-state index >= 15 is 0 Å². The molecular weight excluding hydrogens is 224 g/mol. The molecule has 0 saturated carbocycles. The largest absolute Gasteiger partial charge is 0.488 e. The highest BCUT2D eigenvalue weighted by Crippen LogP contribution is 2.29. The Labute approximate surface area is 109 Å². The van der Waals surface area contributed by atoms with Crippen molar-refractivity contribution in [2.45, 2.75) is 31.9 Å². The van der Waals surface area contributed by atoms with Gasteiger partial charge in [0, 0.05) is 25.6 Å². The lowest BCUT2D eigenvalue weighted by Crippen LogP contribution is -2.48. The summed E-state index contributed by atoms with van der Waals surface area (Å²) < 4.78 is 6.00. The molecule has 1 aromatic carbocycles. The maximum Gasteiger partial charge on any atom is 0.123 e. The van der Waals surface area contributed by atoms with Crippen LogP contribution in [0.2, 0.25) is 0 Å². The molecule has 2 N–H and O–H groups in total. The SMILES string of the molecule is CC1CN(CC2Cc3ccccc3O2)CCC1N. The Kier molecular flexibility index (Phi) is 3.27. The molecule has 2 aliphatic heterocycles. The second-order valence-electron chi connectivity index (χ2n) is 5.74. The van der Waals surface area contributed by atoms with Crippen LogP contribution in [0.25, 0.3) is 0 Å². The van der Waals surface area contributed by atoms with E-state index in [0.29, 0.717) is 18.1 Å². The highest BCUT2D eigenvalue weighted by Gasteiger charge is 2.28. The van der Waals surface area contributed by atoms with Gasteiger partial charge in [0.1, 0.15) is 11.9 Å². The number of piperidine rings is 1. The maximum atomic E-state index is 6.06. The van der Waals surface area contributed by atoms with Crippen LogP contribution in [-0.4, -0.2) is 36.7 Å². The predicted molar refractivity (Wildman–Crippen MR) is 72.8 cm³/mol. The normalized spacial score (nSPS) is 32.0. The van der Waals surface area contributed by atoms with E-state index < -0.39 is 0 Å². The molecule has 1 saturated heterocycles. The van der Waals surface area contributed by atoms with Crippen LogP contribution in [0.1, 0.15) is 18.9 Å². The van der Waals surface area contributed by atoms with E-state index in [1.807, 2.05) is 6.07 Å². The summed E-state index contributed by atoms with van der Waals surface area (Å²) in [7, 11) is 0. The van der Waals surface area contributed by atoms with Gasteiger partial charge >= 0.3 is 0 Å². The Morgan fingerprint density at radius 2 is 2.22 bits per heavy atom. The number of fused-ring (bicyclic) bond motifs is 1. The van der Waals surface area contributed by atoms with Gasteiger partial charge < -0.3 is 10.5 Å². The van der Waals surface area contributed by atoms with Crippen molar-refractivity contribution >= 4 is 0 Å². The van der Waals surface area contributed by atoms with Gasteiger partial charge in [-0.25, -0.2) is 0 Å². The number of likely N-dealkylation sites (tertiary alicyclic amines) is 1. The Morgan fingerprint density at radius 1 is 1.39 bits per heavy atom. The molecule has 3 unspecified atom stereocenters. The van der Waals surface area contributed by atoms with Crippen LogP contribution in [0.3, 0.4) is 0 Å². The van der Waals surface area contributed by atoms with Crippen LogP contribution >= 0.6 is 0 Å². The zero-order valence-corrected chi connectivity index (χ0v) is 11.0. The second kappa shape index (κ2) is 4.90. The first-order chi connectivity index (χ1) is 8.72. The van der Waals surface area contributed by atoms with Crippen molar-refractivity contribution in [1.82, 2.24) is 4.90 Å². The highest BCUT2D eigenvalue weighted by molar-refractivity contribution is 5.37. The number of para-hydroxylation sites is 1. The van der Waals surface area contributed by atoms with E-state index in [9.17, 15) is 0 Å². The summed E-state index contributed by atoms with van der Waals surface area (Å²) in [5.41, 5.74) is 7.41. The monoisotopic (exact) mass is 246 g/mol. The average Bonchev–Trinajstić information content (AvgIpc) is 2.76. The molecule has 0 aromatic heterocycles. The molecule has 98 valence electrons. The first kappa shape index (κ1) is 12.0. The molecule has 1 fully saturated rings. The smallest absolute Gasteiger partial charge is 0.123 e. The Hall–Kier alpha value is -1.06. The maximum absolute atomic E-state index is 6.06. The van der Waals surface area contributed by atoms with Crippen LogP contribution in [-0.2, 0) is 6.42 Å².